The molecule has 0 atom stereocenters. The van der Waals surface area contributed by atoms with E-state index in [1.807, 2.05) is 16.3 Å². The van der Waals surface area contributed by atoms with Crippen molar-refractivity contribution in [2.24, 2.45) is 5.92 Å². The molecule has 2 rings (SSSR count). The number of hydrogen-bond donors (Lipinski definition) is 1. The van der Waals surface area contributed by atoms with Gasteiger partial charge in [-0.15, -0.1) is 11.3 Å². The van der Waals surface area contributed by atoms with Crippen LogP contribution in [0.3, 0.4) is 0 Å². The van der Waals surface area contributed by atoms with Gasteiger partial charge in [-0.2, -0.15) is 0 Å². The molecule has 0 aromatic carbocycles. The van der Waals surface area contributed by atoms with Gasteiger partial charge < -0.3 is 10.1 Å². The number of likely N-dealkylation sites (tertiary alicyclic amines) is 1. The van der Waals surface area contributed by atoms with Crippen LogP contribution in [0, 0.1) is 5.92 Å². The number of hydrogen-bond acceptors (Lipinski definition) is 5. The van der Waals surface area contributed by atoms with Gasteiger partial charge in [0.25, 0.3) is 0 Å². The summed E-state index contributed by atoms with van der Waals surface area (Å²) in [5.41, 5.74) is 0. The first-order chi connectivity index (χ1) is 10.2. The second kappa shape index (κ2) is 8.14. The Kier molecular flexibility index (Phi) is 6.20. The Hall–Kier alpha value is -1.40. The van der Waals surface area contributed by atoms with Gasteiger partial charge >= 0.3 is 5.97 Å². The molecule has 1 saturated heterocycles. The van der Waals surface area contributed by atoms with Gasteiger partial charge in [0.1, 0.15) is 0 Å². The highest BCUT2D eigenvalue weighted by Crippen LogP contribution is 2.17. The van der Waals surface area contributed by atoms with Crippen molar-refractivity contribution in [1.82, 2.24) is 10.2 Å². The molecule has 0 bridgehead atoms. The molecule has 0 saturated carbocycles. The summed E-state index contributed by atoms with van der Waals surface area (Å²) < 4.78 is 4.66. The van der Waals surface area contributed by atoms with Crippen molar-refractivity contribution in [1.29, 1.82) is 0 Å². The summed E-state index contributed by atoms with van der Waals surface area (Å²) in [6, 6.07) is 4.11. The van der Waals surface area contributed by atoms with E-state index in [0.29, 0.717) is 13.1 Å². The lowest BCUT2D eigenvalue weighted by atomic mass is 9.96. The normalized spacial score (nSPS) is 16.6. The van der Waals surface area contributed by atoms with Crippen LogP contribution in [0.4, 0.5) is 0 Å². The molecule has 0 aliphatic carbocycles. The molecule has 1 aliphatic heterocycles. The van der Waals surface area contributed by atoms with E-state index in [0.717, 1.165) is 32.4 Å². The summed E-state index contributed by atoms with van der Waals surface area (Å²) in [4.78, 5) is 26.6. The molecule has 1 aromatic rings. The Morgan fingerprint density at radius 1 is 1.43 bits per heavy atom. The number of ether oxygens (including phenoxy) is 1. The lowest BCUT2D eigenvalue weighted by Crippen LogP contribution is -2.42. The minimum Gasteiger partial charge on any atom is -0.468 e. The largest absolute Gasteiger partial charge is 0.468 e. The highest BCUT2D eigenvalue weighted by Gasteiger charge is 2.25. The fourth-order valence-corrected chi connectivity index (χ4v) is 3.22. The minimum absolute atomic E-state index is 0.0715. The molecular formula is C15H22N2O3S. The van der Waals surface area contributed by atoms with Gasteiger partial charge in [-0.3, -0.25) is 14.5 Å². The Balaban J connectivity index is 1.64. The van der Waals surface area contributed by atoms with Crippen LogP contribution in [0.15, 0.2) is 17.5 Å². The second-order valence-corrected chi connectivity index (χ2v) is 6.28. The molecule has 1 aliphatic rings. The van der Waals surface area contributed by atoms with Crippen LogP contribution in [0.25, 0.3) is 0 Å². The van der Waals surface area contributed by atoms with Crippen LogP contribution in [0.1, 0.15) is 17.7 Å². The molecule has 21 heavy (non-hydrogen) atoms. The average molecular weight is 310 g/mol. The maximum atomic E-state index is 12.1. The van der Waals surface area contributed by atoms with Gasteiger partial charge in [0.2, 0.25) is 5.91 Å². The molecule has 5 nitrogen and oxygen atoms in total. The number of piperidine rings is 1. The maximum Gasteiger partial charge on any atom is 0.319 e. The molecule has 2 heterocycles. The molecule has 1 fully saturated rings. The maximum absolute atomic E-state index is 12.1. The van der Waals surface area contributed by atoms with E-state index in [1.165, 1.54) is 12.0 Å². The van der Waals surface area contributed by atoms with Gasteiger partial charge in [0.05, 0.1) is 13.7 Å². The first-order valence-corrected chi connectivity index (χ1v) is 8.16. The summed E-state index contributed by atoms with van der Waals surface area (Å²) in [6.07, 6.45) is 2.51. The molecule has 6 heteroatoms. The van der Waals surface area contributed by atoms with E-state index in [-0.39, 0.29) is 17.8 Å². The molecule has 1 aromatic heterocycles. The predicted octanol–water partition coefficient (Wildman–Crippen LogP) is 1.29. The lowest BCUT2D eigenvalue weighted by Gasteiger charge is -2.30. The zero-order chi connectivity index (χ0) is 15.1. The Labute approximate surface area is 129 Å². The summed E-state index contributed by atoms with van der Waals surface area (Å²) in [5.74, 6) is 0.000330. The standard InChI is InChI=1S/C15H22N2O3S/c1-20-14(18)11-17-8-5-12(6-9-17)15(19)16-7-4-13-3-2-10-21-13/h2-3,10,12H,4-9,11H2,1H3,(H,16,19). The third-order valence-electron chi connectivity index (χ3n) is 3.79. The molecule has 1 N–H and O–H groups in total. The van der Waals surface area contributed by atoms with E-state index in [2.05, 4.69) is 16.1 Å². The van der Waals surface area contributed by atoms with Crippen LogP contribution >= 0.6 is 11.3 Å². The van der Waals surface area contributed by atoms with Gasteiger partial charge in [0, 0.05) is 17.3 Å². The average Bonchev–Trinajstić information content (AvgIpc) is 3.01. The molecule has 0 radical (unpaired) electrons. The Bertz CT molecular complexity index is 453. The number of esters is 1. The molecule has 0 unspecified atom stereocenters. The number of nitrogens with zero attached hydrogens (tertiary/aromatic N) is 1. The SMILES string of the molecule is COC(=O)CN1CCC(C(=O)NCCc2cccs2)CC1. The van der Waals surface area contributed by atoms with Gasteiger partial charge in [-0.1, -0.05) is 6.07 Å². The summed E-state index contributed by atoms with van der Waals surface area (Å²) in [7, 11) is 1.40. The van der Waals surface area contributed by atoms with Gasteiger partial charge in [-0.05, 0) is 43.8 Å². The summed E-state index contributed by atoms with van der Waals surface area (Å²) >= 11 is 1.72. The van der Waals surface area contributed by atoms with Gasteiger partial charge in [-0.25, -0.2) is 0 Å². The number of amides is 1. The van der Waals surface area contributed by atoms with E-state index in [9.17, 15) is 9.59 Å². The topological polar surface area (TPSA) is 58.6 Å². The van der Waals surface area contributed by atoms with Crippen LogP contribution in [-0.2, 0) is 20.7 Å². The number of rotatable bonds is 6. The van der Waals surface area contributed by atoms with Crippen molar-refractivity contribution >= 4 is 23.2 Å². The highest BCUT2D eigenvalue weighted by atomic mass is 32.1. The van der Waals surface area contributed by atoms with Crippen LogP contribution in [0.5, 0.6) is 0 Å². The first-order valence-electron chi connectivity index (χ1n) is 7.28. The summed E-state index contributed by atoms with van der Waals surface area (Å²) in [5, 5.41) is 5.06. The number of carbonyl (C=O) groups excluding carboxylic acids is 2. The van der Waals surface area contributed by atoms with E-state index >= 15 is 0 Å². The zero-order valence-electron chi connectivity index (χ0n) is 12.3. The monoisotopic (exact) mass is 310 g/mol. The van der Waals surface area contributed by atoms with E-state index < -0.39 is 0 Å². The number of thiophene rings is 1. The Morgan fingerprint density at radius 3 is 2.81 bits per heavy atom. The van der Waals surface area contributed by atoms with Crippen molar-refractivity contribution in [2.75, 3.05) is 33.3 Å². The second-order valence-electron chi connectivity index (χ2n) is 5.25. The molecule has 0 spiro atoms. The number of methoxy groups -OCH3 is 1. The predicted molar refractivity (Wildman–Crippen MR) is 82.2 cm³/mol. The number of nitrogens with one attached hydrogen (secondary N) is 1. The highest BCUT2D eigenvalue weighted by molar-refractivity contribution is 7.09. The van der Waals surface area contributed by atoms with Crippen molar-refractivity contribution in [3.05, 3.63) is 22.4 Å². The minimum atomic E-state index is -0.214. The van der Waals surface area contributed by atoms with E-state index in [4.69, 9.17) is 0 Å². The van der Waals surface area contributed by atoms with Crippen molar-refractivity contribution in [2.45, 2.75) is 19.3 Å². The Morgan fingerprint density at radius 2 is 2.19 bits per heavy atom. The van der Waals surface area contributed by atoms with Crippen molar-refractivity contribution in [3.8, 4) is 0 Å². The van der Waals surface area contributed by atoms with Crippen molar-refractivity contribution in [3.63, 3.8) is 0 Å². The number of carbonyl (C=O) groups is 2. The fraction of sp³-hybridized carbons (Fsp3) is 0.600. The van der Waals surface area contributed by atoms with Gasteiger partial charge in [0.15, 0.2) is 0 Å². The summed E-state index contributed by atoms with van der Waals surface area (Å²) in [6.45, 7) is 2.57. The third kappa shape index (κ3) is 5.13. The molecular weight excluding hydrogens is 288 g/mol. The zero-order valence-corrected chi connectivity index (χ0v) is 13.2. The smallest absolute Gasteiger partial charge is 0.319 e. The first kappa shape index (κ1) is 16.0. The third-order valence-corrected chi connectivity index (χ3v) is 4.73. The van der Waals surface area contributed by atoms with Crippen molar-refractivity contribution < 1.29 is 14.3 Å². The molecule has 1 amide bonds. The van der Waals surface area contributed by atoms with E-state index in [1.54, 1.807) is 11.3 Å². The molecule has 116 valence electrons. The lowest BCUT2D eigenvalue weighted by molar-refractivity contribution is -0.142. The van der Waals surface area contributed by atoms with Crippen LogP contribution in [-0.4, -0.2) is 50.1 Å². The van der Waals surface area contributed by atoms with Crippen LogP contribution in [0.2, 0.25) is 0 Å². The fourth-order valence-electron chi connectivity index (χ4n) is 2.51. The van der Waals surface area contributed by atoms with Crippen LogP contribution < -0.4 is 5.32 Å². The quantitative estimate of drug-likeness (QED) is 0.805.